The van der Waals surface area contributed by atoms with Gasteiger partial charge in [0.15, 0.2) is 0 Å². The van der Waals surface area contributed by atoms with Crippen LogP contribution >= 0.6 is 0 Å². The fourth-order valence-electron chi connectivity index (χ4n) is 4.62. The summed E-state index contributed by atoms with van der Waals surface area (Å²) in [6, 6.07) is 24.5. The van der Waals surface area contributed by atoms with E-state index in [4.69, 9.17) is 0 Å². The Balaban J connectivity index is 1.18. The second-order valence-corrected chi connectivity index (χ2v) is 8.40. The number of benzene rings is 2. The second-order valence-electron chi connectivity index (χ2n) is 8.40. The molecule has 1 unspecified atom stereocenters. The Morgan fingerprint density at radius 3 is 2.36 bits per heavy atom. The number of hydrogen-bond donors (Lipinski definition) is 1. The highest BCUT2D eigenvalue weighted by Gasteiger charge is 2.41. The topological polar surface area (TPSA) is 39.1 Å². The summed E-state index contributed by atoms with van der Waals surface area (Å²) in [6.07, 6.45) is 5.82. The van der Waals surface area contributed by atoms with Gasteiger partial charge in [0.25, 0.3) is 0 Å². The maximum atomic E-state index is 9.72. The van der Waals surface area contributed by atoms with Crippen LogP contribution in [0.4, 0.5) is 0 Å². The number of aryl methyl sites for hydroxylation is 1. The van der Waals surface area contributed by atoms with E-state index in [2.05, 4.69) is 76.9 Å². The predicted octanol–water partition coefficient (Wildman–Crippen LogP) is 4.37. The number of nitrogens with one attached hydrogen (secondary N) is 1. The lowest BCUT2D eigenvalue weighted by atomic mass is 9.89. The van der Waals surface area contributed by atoms with E-state index in [0.29, 0.717) is 17.9 Å². The van der Waals surface area contributed by atoms with Crippen LogP contribution in [0.1, 0.15) is 42.7 Å². The zero-order valence-corrected chi connectivity index (χ0v) is 16.6. The van der Waals surface area contributed by atoms with Gasteiger partial charge in [0.05, 0.1) is 12.1 Å². The highest BCUT2D eigenvalue weighted by Crippen LogP contribution is 2.41. The van der Waals surface area contributed by atoms with E-state index in [0.717, 1.165) is 32.4 Å². The molecule has 1 aliphatic heterocycles. The Morgan fingerprint density at radius 2 is 1.68 bits per heavy atom. The molecule has 0 radical (unpaired) electrons. The predicted molar refractivity (Wildman–Crippen MR) is 114 cm³/mol. The summed E-state index contributed by atoms with van der Waals surface area (Å²) < 4.78 is 0. The maximum absolute atomic E-state index is 9.72. The Labute approximate surface area is 169 Å². The molecule has 2 aromatic carbocycles. The molecule has 2 aliphatic rings. The second kappa shape index (κ2) is 9.37. The molecule has 1 aliphatic carbocycles. The van der Waals surface area contributed by atoms with Gasteiger partial charge in [-0.25, -0.2) is 0 Å². The smallest absolute Gasteiger partial charge is 0.0984 e. The van der Waals surface area contributed by atoms with Crippen molar-refractivity contribution in [3.8, 4) is 6.07 Å². The summed E-state index contributed by atoms with van der Waals surface area (Å²) >= 11 is 0. The van der Waals surface area contributed by atoms with Crippen LogP contribution in [0, 0.1) is 17.2 Å². The van der Waals surface area contributed by atoms with Crippen molar-refractivity contribution in [3.63, 3.8) is 0 Å². The highest BCUT2D eigenvalue weighted by atomic mass is 15.1. The molecule has 2 aromatic rings. The van der Waals surface area contributed by atoms with Crippen LogP contribution in [0.3, 0.4) is 0 Å². The standard InChI is InChI=1S/C25H31N3/c26-19-25(27-24-18-23(24)21-11-5-2-6-12-21)22-13-16-28(17-14-22)15-7-10-20-8-3-1-4-9-20/h1-6,8-9,11-12,22-25,27H,7,10,13-18H2/t23-,24+,25?/m0/s1. The summed E-state index contributed by atoms with van der Waals surface area (Å²) in [6.45, 7) is 3.43. The summed E-state index contributed by atoms with van der Waals surface area (Å²) in [5.41, 5.74) is 2.84. The van der Waals surface area contributed by atoms with Gasteiger partial charge in [-0.3, -0.25) is 5.32 Å². The van der Waals surface area contributed by atoms with E-state index in [9.17, 15) is 5.26 Å². The molecule has 0 amide bonds. The van der Waals surface area contributed by atoms with Crippen LogP contribution in [0.15, 0.2) is 60.7 Å². The first-order valence-electron chi connectivity index (χ1n) is 10.8. The lowest BCUT2D eigenvalue weighted by molar-refractivity contribution is 0.168. The number of piperidine rings is 1. The van der Waals surface area contributed by atoms with E-state index < -0.39 is 0 Å². The van der Waals surface area contributed by atoms with Gasteiger partial charge in [-0.15, -0.1) is 0 Å². The van der Waals surface area contributed by atoms with Gasteiger partial charge < -0.3 is 4.90 Å². The molecule has 0 spiro atoms. The molecule has 3 atom stereocenters. The molecule has 1 heterocycles. The molecule has 28 heavy (non-hydrogen) atoms. The molecule has 3 heteroatoms. The SMILES string of the molecule is N#CC(N[C@@H]1C[C@H]1c1ccccc1)C1CCN(CCCc2ccccc2)CC1. The van der Waals surface area contributed by atoms with Gasteiger partial charge >= 0.3 is 0 Å². The van der Waals surface area contributed by atoms with Gasteiger partial charge in [0.2, 0.25) is 0 Å². The third kappa shape index (κ3) is 5.01. The van der Waals surface area contributed by atoms with E-state index in [1.807, 2.05) is 0 Å². The molecule has 146 valence electrons. The van der Waals surface area contributed by atoms with Crippen molar-refractivity contribution in [3.05, 3.63) is 71.8 Å². The Kier molecular flexibility index (Phi) is 6.41. The minimum Gasteiger partial charge on any atom is -0.303 e. The number of rotatable bonds is 8. The van der Waals surface area contributed by atoms with Crippen LogP contribution in [-0.4, -0.2) is 36.6 Å². The number of nitrogens with zero attached hydrogens (tertiary/aromatic N) is 2. The molecule has 1 saturated heterocycles. The summed E-state index contributed by atoms with van der Waals surface area (Å²) in [7, 11) is 0. The normalized spacial score (nSPS) is 23.8. The molecule has 0 aromatic heterocycles. The third-order valence-corrected chi connectivity index (χ3v) is 6.44. The van der Waals surface area contributed by atoms with Crippen LogP contribution in [0.25, 0.3) is 0 Å². The average Bonchev–Trinajstić information content (AvgIpc) is 3.53. The number of hydrogen-bond acceptors (Lipinski definition) is 3. The molecular weight excluding hydrogens is 342 g/mol. The molecule has 1 N–H and O–H groups in total. The fourth-order valence-corrected chi connectivity index (χ4v) is 4.62. The first-order valence-corrected chi connectivity index (χ1v) is 10.8. The van der Waals surface area contributed by atoms with E-state index in [1.165, 1.54) is 30.5 Å². The fraction of sp³-hybridized carbons (Fsp3) is 0.480. The number of likely N-dealkylation sites (tertiary alicyclic amines) is 1. The van der Waals surface area contributed by atoms with Crippen LogP contribution in [0.5, 0.6) is 0 Å². The van der Waals surface area contributed by atoms with Crippen molar-refractivity contribution < 1.29 is 0 Å². The lowest BCUT2D eigenvalue weighted by Gasteiger charge is -2.34. The first kappa shape index (κ1) is 19.2. The number of nitriles is 1. The van der Waals surface area contributed by atoms with Crippen LogP contribution < -0.4 is 5.32 Å². The zero-order chi connectivity index (χ0) is 19.2. The maximum Gasteiger partial charge on any atom is 0.0984 e. The minimum atomic E-state index is 0.00480. The minimum absolute atomic E-state index is 0.00480. The summed E-state index contributed by atoms with van der Waals surface area (Å²) in [5.74, 6) is 1.09. The summed E-state index contributed by atoms with van der Waals surface area (Å²) in [5, 5.41) is 13.4. The first-order chi connectivity index (χ1) is 13.8. The largest absolute Gasteiger partial charge is 0.303 e. The third-order valence-electron chi connectivity index (χ3n) is 6.44. The molecular formula is C25H31N3. The molecule has 2 fully saturated rings. The summed E-state index contributed by atoms with van der Waals surface area (Å²) in [4.78, 5) is 2.58. The lowest BCUT2D eigenvalue weighted by Crippen LogP contribution is -2.44. The van der Waals surface area contributed by atoms with E-state index in [1.54, 1.807) is 0 Å². The molecule has 3 nitrogen and oxygen atoms in total. The van der Waals surface area contributed by atoms with Crippen molar-refractivity contribution in [1.29, 1.82) is 5.26 Å². The molecule has 1 saturated carbocycles. The molecule has 0 bridgehead atoms. The Bertz CT molecular complexity index is 759. The quantitative estimate of drug-likeness (QED) is 0.747. The molecule has 4 rings (SSSR count). The van der Waals surface area contributed by atoms with Gasteiger partial charge in [0.1, 0.15) is 0 Å². The zero-order valence-electron chi connectivity index (χ0n) is 16.6. The van der Waals surface area contributed by atoms with Gasteiger partial charge in [0, 0.05) is 12.0 Å². The van der Waals surface area contributed by atoms with Gasteiger partial charge in [-0.2, -0.15) is 5.26 Å². The van der Waals surface area contributed by atoms with Crippen molar-refractivity contribution in [2.75, 3.05) is 19.6 Å². The van der Waals surface area contributed by atoms with Crippen molar-refractivity contribution >= 4 is 0 Å². The van der Waals surface area contributed by atoms with Crippen molar-refractivity contribution in [2.24, 2.45) is 5.92 Å². The van der Waals surface area contributed by atoms with E-state index in [-0.39, 0.29) is 6.04 Å². The Hall–Kier alpha value is -2.15. The average molecular weight is 374 g/mol. The monoisotopic (exact) mass is 373 g/mol. The van der Waals surface area contributed by atoms with Gasteiger partial charge in [-0.1, -0.05) is 60.7 Å². The van der Waals surface area contributed by atoms with Gasteiger partial charge in [-0.05, 0) is 68.8 Å². The van der Waals surface area contributed by atoms with Crippen LogP contribution in [-0.2, 0) is 6.42 Å². The van der Waals surface area contributed by atoms with Crippen molar-refractivity contribution in [2.45, 2.75) is 50.1 Å². The highest BCUT2D eigenvalue weighted by molar-refractivity contribution is 5.28. The Morgan fingerprint density at radius 1 is 1.00 bits per heavy atom. The van der Waals surface area contributed by atoms with E-state index >= 15 is 0 Å². The van der Waals surface area contributed by atoms with Crippen molar-refractivity contribution in [1.82, 2.24) is 10.2 Å². The van der Waals surface area contributed by atoms with Crippen LogP contribution in [0.2, 0.25) is 0 Å².